The summed E-state index contributed by atoms with van der Waals surface area (Å²) in [5, 5.41) is 10.1. The average Bonchev–Trinajstić information content (AvgIpc) is 3.29. The summed E-state index contributed by atoms with van der Waals surface area (Å²) in [6, 6.07) is 7.95. The van der Waals surface area contributed by atoms with E-state index in [-0.39, 0.29) is 30.6 Å². The molecule has 1 unspecified atom stereocenters. The van der Waals surface area contributed by atoms with Gasteiger partial charge in [0.05, 0.1) is 5.69 Å². The van der Waals surface area contributed by atoms with Gasteiger partial charge in [0, 0.05) is 37.0 Å². The number of amides is 4. The van der Waals surface area contributed by atoms with E-state index in [9.17, 15) is 23.2 Å². The Kier molecular flexibility index (Phi) is 7.50. The summed E-state index contributed by atoms with van der Waals surface area (Å²) < 4.78 is 32.0. The normalized spacial score (nSPS) is 15.2. The summed E-state index contributed by atoms with van der Waals surface area (Å²) in [5.74, 6) is -1.98. The van der Waals surface area contributed by atoms with E-state index in [1.54, 1.807) is 0 Å². The third-order valence-electron chi connectivity index (χ3n) is 4.51. The van der Waals surface area contributed by atoms with Crippen molar-refractivity contribution in [2.45, 2.75) is 18.9 Å². The Morgan fingerprint density at radius 1 is 0.968 bits per heavy atom. The van der Waals surface area contributed by atoms with Crippen LogP contribution in [0.4, 0.5) is 25.0 Å². The molecule has 10 heteroatoms. The topological polar surface area (TPSA) is 109 Å². The lowest BCUT2D eigenvalue weighted by Crippen LogP contribution is -2.39. The van der Waals surface area contributed by atoms with E-state index in [0.717, 1.165) is 24.6 Å². The SMILES string of the molecule is O=C(Nc1ccc(C(=O)NCCNC(=O)C2CCCO2)cc1)Nc1cc(F)ccc1F. The highest BCUT2D eigenvalue weighted by atomic mass is 19.1. The summed E-state index contributed by atoms with van der Waals surface area (Å²) in [6.45, 7) is 1.11. The third-order valence-corrected chi connectivity index (χ3v) is 4.51. The van der Waals surface area contributed by atoms with Crippen molar-refractivity contribution in [3.05, 3.63) is 59.7 Å². The Labute approximate surface area is 177 Å². The monoisotopic (exact) mass is 432 g/mol. The van der Waals surface area contributed by atoms with Gasteiger partial charge in [-0.25, -0.2) is 13.6 Å². The van der Waals surface area contributed by atoms with Crippen molar-refractivity contribution in [3.8, 4) is 0 Å². The van der Waals surface area contributed by atoms with E-state index >= 15 is 0 Å². The van der Waals surface area contributed by atoms with Crippen molar-refractivity contribution >= 4 is 29.2 Å². The van der Waals surface area contributed by atoms with Crippen LogP contribution in [-0.4, -0.2) is 43.6 Å². The van der Waals surface area contributed by atoms with E-state index < -0.39 is 23.8 Å². The first-order valence-corrected chi connectivity index (χ1v) is 9.73. The number of nitrogens with one attached hydrogen (secondary N) is 4. The molecule has 0 aromatic heterocycles. The number of benzene rings is 2. The molecule has 4 amide bonds. The summed E-state index contributed by atoms with van der Waals surface area (Å²) in [6.07, 6.45) is 1.15. The molecule has 0 bridgehead atoms. The van der Waals surface area contributed by atoms with E-state index in [4.69, 9.17) is 4.74 Å². The largest absolute Gasteiger partial charge is 0.368 e. The van der Waals surface area contributed by atoms with Gasteiger partial charge in [-0.05, 0) is 49.2 Å². The lowest BCUT2D eigenvalue weighted by Gasteiger charge is -2.11. The molecule has 1 atom stereocenters. The fourth-order valence-electron chi connectivity index (χ4n) is 2.94. The molecule has 3 rings (SSSR count). The van der Waals surface area contributed by atoms with E-state index in [0.29, 0.717) is 24.3 Å². The summed E-state index contributed by atoms with van der Waals surface area (Å²) in [5.41, 5.74) is 0.419. The second kappa shape index (κ2) is 10.5. The molecule has 1 aliphatic rings. The fourth-order valence-corrected chi connectivity index (χ4v) is 2.94. The van der Waals surface area contributed by atoms with Crippen LogP contribution in [0, 0.1) is 11.6 Å². The van der Waals surface area contributed by atoms with Crippen LogP contribution in [0.3, 0.4) is 0 Å². The second-order valence-corrected chi connectivity index (χ2v) is 6.83. The molecule has 1 heterocycles. The number of carbonyl (C=O) groups is 3. The fraction of sp³-hybridized carbons (Fsp3) is 0.286. The Balaban J connectivity index is 1.42. The smallest absolute Gasteiger partial charge is 0.323 e. The first-order chi connectivity index (χ1) is 14.9. The molecule has 1 fully saturated rings. The maximum Gasteiger partial charge on any atom is 0.323 e. The maximum atomic E-state index is 13.6. The van der Waals surface area contributed by atoms with Gasteiger partial charge in [0.15, 0.2) is 0 Å². The molecule has 2 aromatic rings. The molecule has 4 N–H and O–H groups in total. The first kappa shape index (κ1) is 22.2. The second-order valence-electron chi connectivity index (χ2n) is 6.83. The van der Waals surface area contributed by atoms with Crippen molar-refractivity contribution in [1.82, 2.24) is 10.6 Å². The number of carbonyl (C=O) groups excluding carboxylic acids is 3. The highest BCUT2D eigenvalue weighted by Gasteiger charge is 2.22. The molecular weight excluding hydrogens is 410 g/mol. The summed E-state index contributed by atoms with van der Waals surface area (Å²) in [4.78, 5) is 35.9. The van der Waals surface area contributed by atoms with Crippen LogP contribution < -0.4 is 21.3 Å². The molecule has 0 spiro atoms. The average molecular weight is 432 g/mol. The van der Waals surface area contributed by atoms with Crippen LogP contribution in [0.2, 0.25) is 0 Å². The van der Waals surface area contributed by atoms with Crippen molar-refractivity contribution in [3.63, 3.8) is 0 Å². The molecule has 1 saturated heterocycles. The number of halogens is 2. The molecule has 8 nitrogen and oxygen atoms in total. The Morgan fingerprint density at radius 3 is 2.42 bits per heavy atom. The summed E-state index contributed by atoms with van der Waals surface area (Å²) in [7, 11) is 0. The van der Waals surface area contributed by atoms with E-state index in [1.165, 1.54) is 24.3 Å². The zero-order chi connectivity index (χ0) is 22.2. The van der Waals surface area contributed by atoms with Gasteiger partial charge in [0.25, 0.3) is 5.91 Å². The molecular formula is C21H22F2N4O4. The highest BCUT2D eigenvalue weighted by Crippen LogP contribution is 2.16. The van der Waals surface area contributed by atoms with Gasteiger partial charge < -0.3 is 26.0 Å². The molecule has 0 aliphatic carbocycles. The summed E-state index contributed by atoms with van der Waals surface area (Å²) >= 11 is 0. The number of rotatable bonds is 7. The minimum absolute atomic E-state index is 0.182. The first-order valence-electron chi connectivity index (χ1n) is 9.73. The van der Waals surface area contributed by atoms with Crippen molar-refractivity contribution < 1.29 is 27.9 Å². The van der Waals surface area contributed by atoms with Gasteiger partial charge in [0.1, 0.15) is 17.7 Å². The van der Waals surface area contributed by atoms with Gasteiger partial charge in [-0.3, -0.25) is 9.59 Å². The van der Waals surface area contributed by atoms with Crippen molar-refractivity contribution in [2.24, 2.45) is 0 Å². The quantitative estimate of drug-likeness (QED) is 0.505. The van der Waals surface area contributed by atoms with Gasteiger partial charge in [-0.1, -0.05) is 0 Å². The van der Waals surface area contributed by atoms with Crippen LogP contribution in [-0.2, 0) is 9.53 Å². The predicted molar refractivity (Wildman–Crippen MR) is 110 cm³/mol. The number of urea groups is 1. The molecule has 164 valence electrons. The van der Waals surface area contributed by atoms with Crippen molar-refractivity contribution in [2.75, 3.05) is 30.3 Å². The van der Waals surface area contributed by atoms with Crippen LogP contribution in [0.5, 0.6) is 0 Å². The van der Waals surface area contributed by atoms with Gasteiger partial charge in [-0.2, -0.15) is 0 Å². The third kappa shape index (κ3) is 6.48. The molecule has 31 heavy (non-hydrogen) atoms. The Morgan fingerprint density at radius 2 is 1.71 bits per heavy atom. The standard InChI is InChI=1S/C21H22F2N4O4/c22-14-5-8-16(23)17(12-14)27-21(30)26-15-6-3-13(4-7-15)19(28)24-9-10-25-20(29)18-2-1-11-31-18/h3-8,12,18H,1-2,9-11H2,(H,24,28)(H,25,29)(H2,26,27,30). The number of ether oxygens (including phenoxy) is 1. The Bertz CT molecular complexity index is 947. The van der Waals surface area contributed by atoms with Crippen molar-refractivity contribution in [1.29, 1.82) is 0 Å². The molecule has 0 radical (unpaired) electrons. The van der Waals surface area contributed by atoms with Crippen LogP contribution in [0.15, 0.2) is 42.5 Å². The molecule has 0 saturated carbocycles. The zero-order valence-electron chi connectivity index (χ0n) is 16.5. The number of hydrogen-bond donors (Lipinski definition) is 4. The van der Waals surface area contributed by atoms with Crippen LogP contribution in [0.1, 0.15) is 23.2 Å². The van der Waals surface area contributed by atoms with E-state index in [1.807, 2.05) is 0 Å². The Hall–Kier alpha value is -3.53. The maximum absolute atomic E-state index is 13.6. The lowest BCUT2D eigenvalue weighted by molar-refractivity contribution is -0.129. The zero-order valence-corrected chi connectivity index (χ0v) is 16.5. The molecule has 2 aromatic carbocycles. The van der Waals surface area contributed by atoms with Crippen LogP contribution in [0.25, 0.3) is 0 Å². The van der Waals surface area contributed by atoms with Gasteiger partial charge in [-0.15, -0.1) is 0 Å². The highest BCUT2D eigenvalue weighted by molar-refractivity contribution is 6.00. The minimum atomic E-state index is -0.768. The number of anilines is 2. The van der Waals surface area contributed by atoms with E-state index in [2.05, 4.69) is 21.3 Å². The predicted octanol–water partition coefficient (Wildman–Crippen LogP) is 2.63. The lowest BCUT2D eigenvalue weighted by atomic mass is 10.2. The number of hydrogen-bond acceptors (Lipinski definition) is 4. The van der Waals surface area contributed by atoms with Gasteiger partial charge in [0.2, 0.25) is 5.91 Å². The van der Waals surface area contributed by atoms with Gasteiger partial charge >= 0.3 is 6.03 Å². The molecule has 1 aliphatic heterocycles. The minimum Gasteiger partial charge on any atom is -0.368 e. The van der Waals surface area contributed by atoms with Crippen LogP contribution >= 0.6 is 0 Å².